The summed E-state index contributed by atoms with van der Waals surface area (Å²) in [6.07, 6.45) is 0. The standard InChI is InChI=1S/C21H19N3O3/c1-27-14-6-4-5-13(11-14)19-20-16(15-7-2-3-8-17(15)23-20)12-18(24-19)21(26)22-9-10-25/h2-8,11-12,23,25H,9-10H2,1H3,(H,22,26). The van der Waals surface area contributed by atoms with E-state index in [0.717, 1.165) is 27.4 Å². The van der Waals surface area contributed by atoms with E-state index in [4.69, 9.17) is 9.84 Å². The van der Waals surface area contributed by atoms with Gasteiger partial charge in [-0.25, -0.2) is 4.98 Å². The van der Waals surface area contributed by atoms with Crippen molar-refractivity contribution in [1.29, 1.82) is 0 Å². The van der Waals surface area contributed by atoms with Gasteiger partial charge in [0.1, 0.15) is 11.4 Å². The maximum absolute atomic E-state index is 12.5. The molecule has 3 N–H and O–H groups in total. The third kappa shape index (κ3) is 3.11. The molecule has 0 aliphatic heterocycles. The number of hydrogen-bond donors (Lipinski definition) is 3. The molecule has 0 aliphatic carbocycles. The minimum Gasteiger partial charge on any atom is -0.497 e. The Labute approximate surface area is 155 Å². The van der Waals surface area contributed by atoms with Crippen molar-refractivity contribution in [3.8, 4) is 17.0 Å². The molecule has 4 aromatic rings. The van der Waals surface area contributed by atoms with Crippen LogP contribution in [0, 0.1) is 0 Å². The van der Waals surface area contributed by atoms with Crippen molar-refractivity contribution in [2.45, 2.75) is 0 Å². The van der Waals surface area contributed by atoms with Crippen LogP contribution in [0.4, 0.5) is 0 Å². The van der Waals surface area contributed by atoms with Crippen molar-refractivity contribution >= 4 is 27.7 Å². The molecule has 4 rings (SSSR count). The Morgan fingerprint density at radius 3 is 2.81 bits per heavy atom. The van der Waals surface area contributed by atoms with Crippen molar-refractivity contribution in [2.75, 3.05) is 20.3 Å². The molecule has 0 saturated carbocycles. The van der Waals surface area contributed by atoms with E-state index in [1.165, 1.54) is 0 Å². The fourth-order valence-corrected chi connectivity index (χ4v) is 3.20. The molecular weight excluding hydrogens is 342 g/mol. The average Bonchev–Trinajstić information content (AvgIpc) is 3.10. The van der Waals surface area contributed by atoms with Crippen molar-refractivity contribution in [1.82, 2.24) is 15.3 Å². The van der Waals surface area contributed by atoms with Gasteiger partial charge in [0.05, 0.1) is 24.9 Å². The van der Waals surface area contributed by atoms with Gasteiger partial charge in [-0.2, -0.15) is 0 Å². The van der Waals surface area contributed by atoms with Gasteiger partial charge in [-0.05, 0) is 24.3 Å². The van der Waals surface area contributed by atoms with Gasteiger partial charge >= 0.3 is 0 Å². The van der Waals surface area contributed by atoms with Crippen LogP contribution >= 0.6 is 0 Å². The number of methoxy groups -OCH3 is 1. The lowest BCUT2D eigenvalue weighted by atomic mass is 10.1. The molecule has 0 atom stereocenters. The van der Waals surface area contributed by atoms with Crippen molar-refractivity contribution in [3.05, 3.63) is 60.3 Å². The number of aromatic nitrogens is 2. The van der Waals surface area contributed by atoms with Gasteiger partial charge in [-0.1, -0.05) is 30.3 Å². The third-order valence-electron chi connectivity index (χ3n) is 4.47. The number of aromatic amines is 1. The Hall–Kier alpha value is -3.38. The summed E-state index contributed by atoms with van der Waals surface area (Å²) in [6, 6.07) is 17.3. The molecule has 0 bridgehead atoms. The first-order valence-corrected chi connectivity index (χ1v) is 8.66. The predicted molar refractivity (Wildman–Crippen MR) is 105 cm³/mol. The molecule has 0 unspecified atom stereocenters. The number of H-pyrrole nitrogens is 1. The van der Waals surface area contributed by atoms with Crippen LogP contribution in [0.15, 0.2) is 54.6 Å². The normalized spacial score (nSPS) is 11.0. The lowest BCUT2D eigenvalue weighted by Gasteiger charge is -2.09. The van der Waals surface area contributed by atoms with E-state index in [0.29, 0.717) is 17.1 Å². The Morgan fingerprint density at radius 2 is 2.00 bits per heavy atom. The molecule has 0 spiro atoms. The summed E-state index contributed by atoms with van der Waals surface area (Å²) in [5.74, 6) is 0.397. The van der Waals surface area contributed by atoms with Gasteiger partial charge in [0.25, 0.3) is 5.91 Å². The van der Waals surface area contributed by atoms with E-state index in [1.807, 2.05) is 48.5 Å². The highest BCUT2D eigenvalue weighted by molar-refractivity contribution is 6.13. The Bertz CT molecular complexity index is 1130. The van der Waals surface area contributed by atoms with E-state index in [9.17, 15) is 4.79 Å². The number of benzene rings is 2. The van der Waals surface area contributed by atoms with Crippen molar-refractivity contribution in [2.24, 2.45) is 0 Å². The smallest absolute Gasteiger partial charge is 0.270 e. The van der Waals surface area contributed by atoms with E-state index < -0.39 is 0 Å². The minimum absolute atomic E-state index is 0.121. The summed E-state index contributed by atoms with van der Waals surface area (Å²) in [7, 11) is 1.61. The summed E-state index contributed by atoms with van der Waals surface area (Å²) < 4.78 is 5.33. The average molecular weight is 361 g/mol. The number of carbonyl (C=O) groups excluding carboxylic acids is 1. The summed E-state index contributed by atoms with van der Waals surface area (Å²) in [4.78, 5) is 20.5. The number of pyridine rings is 1. The third-order valence-corrected chi connectivity index (χ3v) is 4.47. The van der Waals surface area contributed by atoms with Crippen LogP contribution in [0.3, 0.4) is 0 Å². The molecule has 0 aliphatic rings. The van der Waals surface area contributed by atoms with Gasteiger partial charge < -0.3 is 20.1 Å². The van der Waals surface area contributed by atoms with E-state index >= 15 is 0 Å². The van der Waals surface area contributed by atoms with Crippen LogP contribution in [0.1, 0.15) is 10.5 Å². The Balaban J connectivity index is 1.98. The molecular formula is C21H19N3O3. The number of nitrogens with zero attached hydrogens (tertiary/aromatic N) is 1. The number of ether oxygens (including phenoxy) is 1. The van der Waals surface area contributed by atoms with Crippen LogP contribution in [0.5, 0.6) is 5.75 Å². The van der Waals surface area contributed by atoms with Crippen LogP contribution in [-0.2, 0) is 0 Å². The van der Waals surface area contributed by atoms with Gasteiger partial charge in [-0.3, -0.25) is 4.79 Å². The van der Waals surface area contributed by atoms with Crippen LogP contribution in [0.2, 0.25) is 0 Å². The highest BCUT2D eigenvalue weighted by atomic mass is 16.5. The topological polar surface area (TPSA) is 87.2 Å². The SMILES string of the molecule is COc1cccc(-c2nc(C(=O)NCCO)cc3c2[nH]c2ccccc23)c1. The summed E-state index contributed by atoms with van der Waals surface area (Å²) in [6.45, 7) is 0.0603. The zero-order valence-electron chi connectivity index (χ0n) is 14.8. The van der Waals surface area contributed by atoms with E-state index in [2.05, 4.69) is 15.3 Å². The number of nitrogens with one attached hydrogen (secondary N) is 2. The second kappa shape index (κ2) is 7.09. The highest BCUT2D eigenvalue weighted by Crippen LogP contribution is 2.33. The molecule has 0 saturated heterocycles. The number of hydrogen-bond acceptors (Lipinski definition) is 4. The van der Waals surface area contributed by atoms with Gasteiger partial charge in [0, 0.05) is 28.4 Å². The van der Waals surface area contributed by atoms with E-state index in [-0.39, 0.29) is 19.1 Å². The molecule has 6 heteroatoms. The number of aliphatic hydroxyl groups excluding tert-OH is 1. The Kier molecular flexibility index (Phi) is 4.48. The van der Waals surface area contributed by atoms with Crippen LogP contribution in [-0.4, -0.2) is 41.2 Å². The molecule has 0 radical (unpaired) electrons. The molecule has 27 heavy (non-hydrogen) atoms. The fraction of sp³-hybridized carbons (Fsp3) is 0.143. The van der Waals surface area contributed by atoms with Crippen LogP contribution < -0.4 is 10.1 Å². The monoisotopic (exact) mass is 361 g/mol. The van der Waals surface area contributed by atoms with E-state index in [1.54, 1.807) is 13.2 Å². The number of amides is 1. The van der Waals surface area contributed by atoms with Crippen LogP contribution in [0.25, 0.3) is 33.1 Å². The largest absolute Gasteiger partial charge is 0.497 e. The lowest BCUT2D eigenvalue weighted by Crippen LogP contribution is -2.27. The van der Waals surface area contributed by atoms with Crippen molar-refractivity contribution < 1.29 is 14.6 Å². The number of para-hydroxylation sites is 1. The van der Waals surface area contributed by atoms with Gasteiger partial charge in [0.2, 0.25) is 0 Å². The summed E-state index contributed by atoms with van der Waals surface area (Å²) in [5.41, 5.74) is 3.67. The van der Waals surface area contributed by atoms with Gasteiger partial charge in [-0.15, -0.1) is 0 Å². The molecule has 136 valence electrons. The highest BCUT2D eigenvalue weighted by Gasteiger charge is 2.17. The number of rotatable bonds is 5. The Morgan fingerprint density at radius 1 is 1.15 bits per heavy atom. The zero-order valence-corrected chi connectivity index (χ0v) is 14.8. The maximum atomic E-state index is 12.5. The number of fused-ring (bicyclic) bond motifs is 3. The molecule has 0 fully saturated rings. The molecule has 2 heterocycles. The predicted octanol–water partition coefficient (Wildman–Crippen LogP) is 3.11. The molecule has 6 nitrogen and oxygen atoms in total. The first-order chi connectivity index (χ1) is 13.2. The second-order valence-corrected chi connectivity index (χ2v) is 6.16. The summed E-state index contributed by atoms with van der Waals surface area (Å²) >= 11 is 0. The van der Waals surface area contributed by atoms with Crippen molar-refractivity contribution in [3.63, 3.8) is 0 Å². The first-order valence-electron chi connectivity index (χ1n) is 8.66. The maximum Gasteiger partial charge on any atom is 0.270 e. The fourth-order valence-electron chi connectivity index (χ4n) is 3.20. The minimum atomic E-state index is -0.319. The zero-order chi connectivity index (χ0) is 18.8. The molecule has 1 amide bonds. The number of carbonyl (C=O) groups is 1. The molecule has 2 aromatic heterocycles. The molecule has 2 aromatic carbocycles. The second-order valence-electron chi connectivity index (χ2n) is 6.16. The first kappa shape index (κ1) is 17.1. The quantitative estimate of drug-likeness (QED) is 0.510. The summed E-state index contributed by atoms with van der Waals surface area (Å²) in [5, 5.41) is 13.6. The lowest BCUT2D eigenvalue weighted by molar-refractivity contribution is 0.0940. The number of aliphatic hydroxyl groups is 1. The van der Waals surface area contributed by atoms with Gasteiger partial charge in [0.15, 0.2) is 0 Å².